The number of carbonyl (C=O) groups excluding carboxylic acids is 2. The number of rotatable bonds is 15. The highest BCUT2D eigenvalue weighted by Gasteiger charge is 2.35. The smallest absolute Gasteiger partial charge is 0.426 e. The number of hydrogen-bond acceptors (Lipinski definition) is 8. The molecule has 4 N–H and O–H groups in total. The van der Waals surface area contributed by atoms with Crippen LogP contribution in [0.25, 0.3) is 6.08 Å². The monoisotopic (exact) mass is 622 g/mol. The molecule has 3 aromatic carbocycles. The molecule has 3 rings (SSSR count). The molecule has 0 atom stereocenters. The van der Waals surface area contributed by atoms with Gasteiger partial charge in [0.15, 0.2) is 6.61 Å². The molecule has 0 aromatic heterocycles. The van der Waals surface area contributed by atoms with E-state index in [9.17, 15) is 31.5 Å². The Labute approximate surface area is 250 Å². The number of benzene rings is 3. The first-order valence-electron chi connectivity index (χ1n) is 13.5. The summed E-state index contributed by atoms with van der Waals surface area (Å²) >= 11 is 0. The van der Waals surface area contributed by atoms with Crippen molar-refractivity contribution in [2.24, 2.45) is 0 Å². The summed E-state index contributed by atoms with van der Waals surface area (Å²) in [7, 11) is 0. The number of unbranched alkanes of at least 4 members (excludes halogenated alkanes) is 3. The molecule has 0 aliphatic rings. The predicted molar refractivity (Wildman–Crippen MR) is 153 cm³/mol. The van der Waals surface area contributed by atoms with E-state index in [1.54, 1.807) is 6.07 Å². The maximum atomic E-state index is 14.5. The quantitative estimate of drug-likeness (QED) is 0.0618. The number of nitrogens with two attached hydrogens (primary N) is 2. The Morgan fingerprint density at radius 2 is 1.30 bits per heavy atom. The van der Waals surface area contributed by atoms with Gasteiger partial charge in [-0.1, -0.05) is 12.1 Å². The zero-order chi connectivity index (χ0) is 32.2. The Morgan fingerprint density at radius 1 is 0.727 bits per heavy atom. The average molecular weight is 623 g/mol. The highest BCUT2D eigenvalue weighted by molar-refractivity contribution is 5.91. The molecular weight excluding hydrogens is 591 g/mol. The first-order chi connectivity index (χ1) is 20.8. The van der Waals surface area contributed by atoms with E-state index in [0.717, 1.165) is 37.1 Å². The summed E-state index contributed by atoms with van der Waals surface area (Å²) in [5, 5.41) is 0. The van der Waals surface area contributed by atoms with E-state index >= 15 is 0 Å². The van der Waals surface area contributed by atoms with Crippen LogP contribution in [0.4, 0.5) is 33.3 Å². The molecule has 0 saturated carbocycles. The standard InChI is InChI=1S/C31H31F5N2O6/c32-30(33,34)20-43-26-12-8-23(9-13-26)31(35,36)44-27-10-5-21(6-11-27)7-14-28(39)41-15-3-1-2-4-16-42-29(40)22-17-24(37)19-25(38)18-22/h5-14,17-19H,1-4,15-16,20,37-38H2. The second kappa shape index (κ2) is 15.6. The summed E-state index contributed by atoms with van der Waals surface area (Å²) in [6, 6.07) is 13.8. The number of esters is 2. The molecule has 0 aliphatic heterocycles. The van der Waals surface area contributed by atoms with Crippen LogP contribution in [0.2, 0.25) is 0 Å². The predicted octanol–water partition coefficient (Wildman–Crippen LogP) is 6.89. The number of nitrogen functional groups attached to an aromatic ring is 2. The molecule has 0 aliphatic carbocycles. The van der Waals surface area contributed by atoms with Gasteiger partial charge in [0, 0.05) is 17.5 Å². The highest BCUT2D eigenvalue weighted by Crippen LogP contribution is 2.33. The largest absolute Gasteiger partial charge is 0.484 e. The minimum atomic E-state index is -4.55. The minimum absolute atomic E-state index is 0.170. The van der Waals surface area contributed by atoms with Crippen LogP contribution in [0.3, 0.4) is 0 Å². The van der Waals surface area contributed by atoms with Crippen molar-refractivity contribution >= 4 is 29.4 Å². The van der Waals surface area contributed by atoms with Gasteiger partial charge in [0.2, 0.25) is 0 Å². The number of alkyl halides is 5. The van der Waals surface area contributed by atoms with Crippen LogP contribution in [-0.4, -0.2) is 37.9 Å². The van der Waals surface area contributed by atoms with Crippen LogP contribution >= 0.6 is 0 Å². The van der Waals surface area contributed by atoms with Crippen molar-refractivity contribution in [2.45, 2.75) is 38.0 Å². The lowest BCUT2D eigenvalue weighted by molar-refractivity contribution is -0.185. The van der Waals surface area contributed by atoms with Crippen LogP contribution in [0.1, 0.15) is 47.2 Å². The third kappa shape index (κ3) is 11.8. The molecule has 3 aromatic rings. The summed E-state index contributed by atoms with van der Waals surface area (Å²) in [4.78, 5) is 24.0. The molecule has 0 heterocycles. The lowest BCUT2D eigenvalue weighted by Gasteiger charge is -2.19. The van der Waals surface area contributed by atoms with Crippen molar-refractivity contribution < 1.29 is 50.5 Å². The van der Waals surface area contributed by atoms with Gasteiger partial charge < -0.3 is 30.4 Å². The maximum absolute atomic E-state index is 14.5. The SMILES string of the molecule is Nc1cc(N)cc(C(=O)OCCCCCCOC(=O)C=Cc2ccc(OC(F)(F)c3ccc(OCC(F)(F)F)cc3)cc2)c1. The minimum Gasteiger partial charge on any atom is -0.484 e. The molecule has 0 amide bonds. The third-order valence-electron chi connectivity index (χ3n) is 5.86. The van der Waals surface area contributed by atoms with E-state index < -0.39 is 36.4 Å². The van der Waals surface area contributed by atoms with Crippen molar-refractivity contribution in [3.63, 3.8) is 0 Å². The summed E-state index contributed by atoms with van der Waals surface area (Å²) in [6.07, 6.45) is -2.90. The van der Waals surface area contributed by atoms with Gasteiger partial charge in [-0.15, -0.1) is 0 Å². The Bertz CT molecular complexity index is 1390. The number of hydrogen-bond donors (Lipinski definition) is 2. The normalized spacial score (nSPS) is 11.8. The van der Waals surface area contributed by atoms with E-state index in [1.165, 1.54) is 48.6 Å². The van der Waals surface area contributed by atoms with E-state index in [-0.39, 0.29) is 30.3 Å². The fourth-order valence-corrected chi connectivity index (χ4v) is 3.75. The Kier molecular flexibility index (Phi) is 11.9. The zero-order valence-electron chi connectivity index (χ0n) is 23.4. The van der Waals surface area contributed by atoms with Gasteiger partial charge >= 0.3 is 24.2 Å². The highest BCUT2D eigenvalue weighted by atomic mass is 19.4. The second-order valence-electron chi connectivity index (χ2n) is 9.56. The Balaban J connectivity index is 1.32. The fraction of sp³-hybridized carbons (Fsp3) is 0.290. The molecule has 0 fully saturated rings. The molecule has 44 heavy (non-hydrogen) atoms. The molecule has 0 spiro atoms. The van der Waals surface area contributed by atoms with Gasteiger partial charge in [0.1, 0.15) is 11.5 Å². The zero-order valence-corrected chi connectivity index (χ0v) is 23.4. The first-order valence-corrected chi connectivity index (χ1v) is 13.5. The topological polar surface area (TPSA) is 123 Å². The molecule has 0 radical (unpaired) electrons. The number of ether oxygens (including phenoxy) is 4. The summed E-state index contributed by atoms with van der Waals surface area (Å²) in [6.45, 7) is -1.11. The van der Waals surface area contributed by atoms with Gasteiger partial charge in [0.05, 0.1) is 24.3 Å². The second-order valence-corrected chi connectivity index (χ2v) is 9.56. The van der Waals surface area contributed by atoms with Crippen LogP contribution in [0.5, 0.6) is 11.5 Å². The van der Waals surface area contributed by atoms with Crippen LogP contribution < -0.4 is 20.9 Å². The number of carbonyl (C=O) groups is 2. The lowest BCUT2D eigenvalue weighted by Crippen LogP contribution is -2.22. The van der Waals surface area contributed by atoms with Crippen molar-refractivity contribution in [1.29, 1.82) is 0 Å². The summed E-state index contributed by atoms with van der Waals surface area (Å²) < 4.78 is 85.4. The van der Waals surface area contributed by atoms with Gasteiger partial charge in [0.25, 0.3) is 0 Å². The lowest BCUT2D eigenvalue weighted by atomic mass is 10.2. The van der Waals surface area contributed by atoms with Gasteiger partial charge in [-0.3, -0.25) is 0 Å². The van der Waals surface area contributed by atoms with E-state index in [2.05, 4.69) is 4.74 Å². The van der Waals surface area contributed by atoms with Gasteiger partial charge in [-0.05, 0) is 91.9 Å². The van der Waals surface area contributed by atoms with E-state index in [4.69, 9.17) is 25.7 Å². The molecule has 13 heteroatoms. The Hall–Kier alpha value is -4.81. The Morgan fingerprint density at radius 3 is 1.89 bits per heavy atom. The van der Waals surface area contributed by atoms with Crippen molar-refractivity contribution in [1.82, 2.24) is 0 Å². The van der Waals surface area contributed by atoms with E-state index in [1.807, 2.05) is 0 Å². The summed E-state index contributed by atoms with van der Waals surface area (Å²) in [5.74, 6) is -1.46. The first kappa shape index (κ1) is 33.7. The molecular formula is C31H31F5N2O6. The van der Waals surface area contributed by atoms with Crippen LogP contribution in [-0.2, 0) is 20.4 Å². The van der Waals surface area contributed by atoms with Crippen molar-refractivity contribution in [2.75, 3.05) is 31.3 Å². The fourth-order valence-electron chi connectivity index (χ4n) is 3.75. The molecule has 0 unspecified atom stereocenters. The maximum Gasteiger partial charge on any atom is 0.426 e. The van der Waals surface area contributed by atoms with Crippen molar-refractivity contribution in [3.8, 4) is 11.5 Å². The average Bonchev–Trinajstić information content (AvgIpc) is 2.96. The molecule has 8 nitrogen and oxygen atoms in total. The van der Waals surface area contributed by atoms with E-state index in [0.29, 0.717) is 29.8 Å². The van der Waals surface area contributed by atoms with Gasteiger partial charge in [-0.2, -0.15) is 22.0 Å². The summed E-state index contributed by atoms with van der Waals surface area (Å²) in [5.41, 5.74) is 12.3. The molecule has 0 saturated heterocycles. The third-order valence-corrected chi connectivity index (χ3v) is 5.86. The van der Waals surface area contributed by atoms with Gasteiger partial charge in [-0.25, -0.2) is 9.59 Å². The van der Waals surface area contributed by atoms with Crippen LogP contribution in [0.15, 0.2) is 72.8 Å². The molecule has 236 valence electrons. The number of anilines is 2. The van der Waals surface area contributed by atoms with Crippen molar-refractivity contribution in [3.05, 3.63) is 89.5 Å². The number of halogens is 5. The van der Waals surface area contributed by atoms with Crippen LogP contribution in [0, 0.1) is 0 Å². The molecule has 0 bridgehead atoms.